The van der Waals surface area contributed by atoms with Crippen molar-refractivity contribution in [2.75, 3.05) is 18.5 Å². The molecule has 0 saturated carbocycles. The second-order valence-corrected chi connectivity index (χ2v) is 5.10. The Labute approximate surface area is 127 Å². The highest BCUT2D eigenvalue weighted by atomic mass is 16.5. The molecule has 0 radical (unpaired) electrons. The van der Waals surface area contributed by atoms with Crippen molar-refractivity contribution in [3.05, 3.63) is 65.2 Å². The minimum atomic E-state index is 0.704. The van der Waals surface area contributed by atoms with Gasteiger partial charge in [0.1, 0.15) is 12.4 Å². The van der Waals surface area contributed by atoms with Crippen LogP contribution in [0.1, 0.15) is 23.6 Å². The monoisotopic (exact) mass is 281 g/mol. The Bertz CT molecular complexity index is 617. The van der Waals surface area contributed by atoms with Gasteiger partial charge in [-0.15, -0.1) is 0 Å². The van der Waals surface area contributed by atoms with Crippen molar-refractivity contribution in [1.29, 1.82) is 0 Å². The molecule has 0 unspecified atom stereocenters. The fraction of sp³-hybridized carbons (Fsp3) is 0.263. The molecule has 1 N–H and O–H groups in total. The average Bonchev–Trinajstić information content (AvgIpc) is 2.50. The van der Waals surface area contributed by atoms with E-state index >= 15 is 0 Å². The zero-order valence-corrected chi connectivity index (χ0v) is 13.0. The summed E-state index contributed by atoms with van der Waals surface area (Å²) in [5.41, 5.74) is 5.02. The summed E-state index contributed by atoms with van der Waals surface area (Å²) in [7, 11) is 0. The number of rotatable bonds is 2. The Balaban J connectivity index is 0.000000155. The molecule has 1 heterocycles. The van der Waals surface area contributed by atoms with Gasteiger partial charge in [-0.25, -0.2) is 0 Å². The van der Waals surface area contributed by atoms with Crippen LogP contribution >= 0.6 is 0 Å². The first-order valence-corrected chi connectivity index (χ1v) is 7.40. The number of hydrogen-bond acceptors (Lipinski definition) is 2. The number of aryl methyl sites for hydroxylation is 2. The van der Waals surface area contributed by atoms with E-state index in [2.05, 4.69) is 62.5 Å². The van der Waals surface area contributed by atoms with Crippen LogP contribution < -0.4 is 10.1 Å². The Morgan fingerprint density at radius 1 is 1.10 bits per heavy atom. The third-order valence-corrected chi connectivity index (χ3v) is 3.31. The van der Waals surface area contributed by atoms with Gasteiger partial charge in [0.25, 0.3) is 0 Å². The molecule has 110 valence electrons. The molecule has 2 heteroatoms. The lowest BCUT2D eigenvalue weighted by atomic mass is 10.1. The third kappa shape index (κ3) is 4.38. The number of hydrogen-bond donors (Lipinski definition) is 1. The number of nitrogens with one attached hydrogen (secondary N) is 1. The van der Waals surface area contributed by atoms with Gasteiger partial charge in [-0.2, -0.15) is 0 Å². The van der Waals surface area contributed by atoms with E-state index in [9.17, 15) is 0 Å². The first-order valence-electron chi connectivity index (χ1n) is 7.40. The highest BCUT2D eigenvalue weighted by molar-refractivity contribution is 5.60. The van der Waals surface area contributed by atoms with Crippen molar-refractivity contribution in [2.45, 2.75) is 20.8 Å². The van der Waals surface area contributed by atoms with Crippen molar-refractivity contribution < 1.29 is 4.74 Å². The lowest BCUT2D eigenvalue weighted by molar-refractivity contribution is 0.358. The van der Waals surface area contributed by atoms with E-state index in [1.54, 1.807) is 0 Å². The van der Waals surface area contributed by atoms with Gasteiger partial charge in [0.2, 0.25) is 0 Å². The van der Waals surface area contributed by atoms with Gasteiger partial charge in [0.05, 0.1) is 0 Å². The molecule has 0 spiro atoms. The average molecular weight is 281 g/mol. The maximum atomic E-state index is 5.39. The first kappa shape index (κ1) is 15.2. The van der Waals surface area contributed by atoms with E-state index in [-0.39, 0.29) is 0 Å². The molecule has 0 saturated heterocycles. The van der Waals surface area contributed by atoms with Gasteiger partial charge in [0, 0.05) is 17.8 Å². The summed E-state index contributed by atoms with van der Waals surface area (Å²) < 4.78 is 5.39. The summed E-state index contributed by atoms with van der Waals surface area (Å²) in [4.78, 5) is 0. The van der Waals surface area contributed by atoms with Gasteiger partial charge in [-0.3, -0.25) is 0 Å². The number of benzene rings is 2. The van der Waals surface area contributed by atoms with E-state index in [4.69, 9.17) is 4.74 Å². The number of para-hydroxylation sites is 1. The Hall–Kier alpha value is -2.22. The van der Waals surface area contributed by atoms with Crippen LogP contribution in [0.4, 0.5) is 5.69 Å². The molecule has 2 nitrogen and oxygen atoms in total. The molecule has 1 aliphatic rings. The van der Waals surface area contributed by atoms with E-state index in [0.29, 0.717) is 6.61 Å². The maximum Gasteiger partial charge on any atom is 0.127 e. The minimum Gasteiger partial charge on any atom is -0.489 e. The van der Waals surface area contributed by atoms with Crippen LogP contribution in [0.3, 0.4) is 0 Å². The van der Waals surface area contributed by atoms with Crippen LogP contribution in [0.2, 0.25) is 0 Å². The van der Waals surface area contributed by atoms with Crippen molar-refractivity contribution >= 4 is 11.8 Å². The number of ether oxygens (including phenoxy) is 1. The maximum absolute atomic E-state index is 5.39. The summed E-state index contributed by atoms with van der Waals surface area (Å²) >= 11 is 0. The van der Waals surface area contributed by atoms with Crippen molar-refractivity contribution in [3.8, 4) is 5.75 Å². The molecule has 1 aliphatic heterocycles. The predicted molar refractivity (Wildman–Crippen MR) is 91.1 cm³/mol. The molecule has 0 fully saturated rings. The Kier molecular flexibility index (Phi) is 5.44. The lowest BCUT2D eigenvalue weighted by Gasteiger charge is -2.11. The van der Waals surface area contributed by atoms with Gasteiger partial charge >= 0.3 is 0 Å². The van der Waals surface area contributed by atoms with E-state index < -0.39 is 0 Å². The molecule has 3 rings (SSSR count). The summed E-state index contributed by atoms with van der Waals surface area (Å²) in [5, 5.41) is 3.28. The minimum absolute atomic E-state index is 0.704. The van der Waals surface area contributed by atoms with Crippen LogP contribution in [0.15, 0.2) is 48.5 Å². The van der Waals surface area contributed by atoms with Gasteiger partial charge in [-0.1, -0.05) is 35.9 Å². The molecule has 21 heavy (non-hydrogen) atoms. The molecular weight excluding hydrogens is 258 g/mol. The smallest absolute Gasteiger partial charge is 0.127 e. The molecule has 0 amide bonds. The van der Waals surface area contributed by atoms with Gasteiger partial charge in [0.15, 0.2) is 0 Å². The van der Waals surface area contributed by atoms with E-state index in [1.165, 1.54) is 22.4 Å². The second-order valence-electron chi connectivity index (χ2n) is 5.10. The molecule has 0 aliphatic carbocycles. The van der Waals surface area contributed by atoms with Crippen LogP contribution in [0, 0.1) is 13.8 Å². The third-order valence-electron chi connectivity index (χ3n) is 3.31. The van der Waals surface area contributed by atoms with Crippen LogP contribution in [0.5, 0.6) is 5.75 Å². The van der Waals surface area contributed by atoms with Crippen LogP contribution in [0.25, 0.3) is 6.08 Å². The Morgan fingerprint density at radius 3 is 2.67 bits per heavy atom. The lowest BCUT2D eigenvalue weighted by Crippen LogP contribution is -1.99. The van der Waals surface area contributed by atoms with Gasteiger partial charge < -0.3 is 10.1 Å². The van der Waals surface area contributed by atoms with E-state index in [0.717, 1.165) is 12.3 Å². The Morgan fingerprint density at radius 2 is 1.90 bits per heavy atom. The zero-order chi connectivity index (χ0) is 15.1. The van der Waals surface area contributed by atoms with Crippen molar-refractivity contribution in [2.24, 2.45) is 0 Å². The van der Waals surface area contributed by atoms with Gasteiger partial charge in [-0.05, 0) is 50.6 Å². The largest absolute Gasteiger partial charge is 0.489 e. The molecule has 0 atom stereocenters. The van der Waals surface area contributed by atoms with Crippen molar-refractivity contribution in [1.82, 2.24) is 0 Å². The summed E-state index contributed by atoms with van der Waals surface area (Å²) in [5.74, 6) is 0.998. The summed E-state index contributed by atoms with van der Waals surface area (Å²) in [6.45, 7) is 7.99. The van der Waals surface area contributed by atoms with Crippen LogP contribution in [-0.4, -0.2) is 13.2 Å². The zero-order valence-electron chi connectivity index (χ0n) is 13.0. The van der Waals surface area contributed by atoms with Crippen molar-refractivity contribution in [3.63, 3.8) is 0 Å². The fourth-order valence-corrected chi connectivity index (χ4v) is 2.20. The fourth-order valence-electron chi connectivity index (χ4n) is 2.20. The highest BCUT2D eigenvalue weighted by Gasteiger charge is 2.03. The topological polar surface area (TPSA) is 21.3 Å². The predicted octanol–water partition coefficient (Wildman–Crippen LogP) is 4.83. The molecule has 0 aromatic heterocycles. The first-order chi connectivity index (χ1) is 10.2. The SMILES string of the molecule is CCNc1ccccc1C.Cc1ccc2c(c1)C=CCO2. The molecule has 0 bridgehead atoms. The summed E-state index contributed by atoms with van der Waals surface area (Å²) in [6.07, 6.45) is 4.13. The van der Waals surface area contributed by atoms with Crippen LogP contribution in [-0.2, 0) is 0 Å². The molecular formula is C19H23NO. The quantitative estimate of drug-likeness (QED) is 0.851. The summed E-state index contributed by atoms with van der Waals surface area (Å²) in [6, 6.07) is 14.5. The number of anilines is 1. The van der Waals surface area contributed by atoms with E-state index in [1.807, 2.05) is 18.2 Å². The second kappa shape index (κ2) is 7.53. The normalized spacial score (nSPS) is 11.8. The number of fused-ring (bicyclic) bond motifs is 1. The highest BCUT2D eigenvalue weighted by Crippen LogP contribution is 2.23. The molecule has 2 aromatic carbocycles. The molecule has 2 aromatic rings. The standard InChI is InChI=1S/C10H10O.C9H13N/c1-8-4-5-10-9(7-8)3-2-6-11-10;1-3-10-9-7-5-4-6-8(9)2/h2-5,7H,6H2,1H3;4-7,10H,3H2,1-2H3.